The summed E-state index contributed by atoms with van der Waals surface area (Å²) in [6.07, 6.45) is 3.69. The van der Waals surface area contributed by atoms with E-state index in [1.54, 1.807) is 7.11 Å². The first-order valence-electron chi connectivity index (χ1n) is 8.40. The van der Waals surface area contributed by atoms with Gasteiger partial charge in [-0.15, -0.1) is 0 Å². The molecular formula is C20H19ClN4O2. The van der Waals surface area contributed by atoms with Gasteiger partial charge in [-0.1, -0.05) is 23.7 Å². The molecule has 0 aliphatic rings. The van der Waals surface area contributed by atoms with Crippen molar-refractivity contribution in [1.29, 1.82) is 0 Å². The lowest BCUT2D eigenvalue weighted by Gasteiger charge is -2.08. The van der Waals surface area contributed by atoms with Gasteiger partial charge in [-0.05, 0) is 48.4 Å². The van der Waals surface area contributed by atoms with E-state index in [-0.39, 0.29) is 11.6 Å². The molecule has 0 bridgehead atoms. The van der Waals surface area contributed by atoms with Crippen LogP contribution >= 0.6 is 11.6 Å². The van der Waals surface area contributed by atoms with Crippen molar-refractivity contribution in [3.63, 3.8) is 0 Å². The van der Waals surface area contributed by atoms with Crippen LogP contribution in [0.5, 0.6) is 5.75 Å². The van der Waals surface area contributed by atoms with Crippen LogP contribution in [0.4, 0.5) is 11.5 Å². The Labute approximate surface area is 162 Å². The number of halogens is 1. The van der Waals surface area contributed by atoms with Gasteiger partial charge in [0.1, 0.15) is 17.3 Å². The number of rotatable bonds is 7. The highest BCUT2D eigenvalue weighted by atomic mass is 35.5. The Bertz CT molecular complexity index is 881. The number of benzene rings is 2. The molecule has 0 aliphatic carbocycles. The van der Waals surface area contributed by atoms with E-state index in [2.05, 4.69) is 20.6 Å². The Kier molecular flexibility index (Phi) is 6.22. The predicted octanol–water partition coefficient (Wildman–Crippen LogP) is 3.85. The van der Waals surface area contributed by atoms with E-state index in [0.717, 1.165) is 17.0 Å². The number of methoxy groups -OCH3 is 1. The highest BCUT2D eigenvalue weighted by molar-refractivity contribution is 6.30. The molecule has 0 unspecified atom stereocenters. The summed E-state index contributed by atoms with van der Waals surface area (Å²) in [5, 5.41) is 6.65. The van der Waals surface area contributed by atoms with E-state index in [1.165, 1.54) is 12.4 Å². The minimum Gasteiger partial charge on any atom is -0.497 e. The van der Waals surface area contributed by atoms with Crippen LogP contribution in [0.25, 0.3) is 0 Å². The van der Waals surface area contributed by atoms with Gasteiger partial charge in [0.05, 0.1) is 19.5 Å². The minimum absolute atomic E-state index is 0.257. The number of nitrogens with one attached hydrogen (secondary N) is 2. The number of hydrogen-bond donors (Lipinski definition) is 2. The molecule has 0 spiro atoms. The molecule has 0 aliphatic heterocycles. The molecule has 2 N–H and O–H groups in total. The number of nitrogens with zero attached hydrogens (tertiary/aromatic N) is 2. The van der Waals surface area contributed by atoms with Crippen LogP contribution in [0, 0.1) is 0 Å². The summed E-state index contributed by atoms with van der Waals surface area (Å²) in [5.41, 5.74) is 2.22. The molecular weight excluding hydrogens is 364 g/mol. The van der Waals surface area contributed by atoms with E-state index in [1.807, 2.05) is 48.5 Å². The van der Waals surface area contributed by atoms with Crippen molar-refractivity contribution in [3.05, 3.63) is 77.2 Å². The Morgan fingerprint density at radius 1 is 1.04 bits per heavy atom. The van der Waals surface area contributed by atoms with Crippen molar-refractivity contribution in [1.82, 2.24) is 15.3 Å². The summed E-state index contributed by atoms with van der Waals surface area (Å²) < 4.78 is 5.12. The number of carbonyl (C=O) groups is 1. The zero-order valence-electron chi connectivity index (χ0n) is 14.8. The van der Waals surface area contributed by atoms with E-state index in [4.69, 9.17) is 16.3 Å². The van der Waals surface area contributed by atoms with Gasteiger partial charge in [-0.3, -0.25) is 4.79 Å². The zero-order chi connectivity index (χ0) is 19.1. The fraction of sp³-hybridized carbons (Fsp3) is 0.150. The van der Waals surface area contributed by atoms with Gasteiger partial charge in [-0.25, -0.2) is 9.97 Å². The van der Waals surface area contributed by atoms with Crippen LogP contribution in [0.2, 0.25) is 5.02 Å². The molecule has 3 aromatic rings. The third-order valence-electron chi connectivity index (χ3n) is 3.86. The van der Waals surface area contributed by atoms with Crippen LogP contribution in [0.1, 0.15) is 16.1 Å². The number of anilines is 2. The molecule has 0 saturated carbocycles. The number of aromatic nitrogens is 2. The Morgan fingerprint density at radius 2 is 1.78 bits per heavy atom. The molecule has 0 radical (unpaired) electrons. The lowest BCUT2D eigenvalue weighted by molar-refractivity contribution is 0.0949. The second kappa shape index (κ2) is 9.00. The summed E-state index contributed by atoms with van der Waals surface area (Å²) in [4.78, 5) is 20.6. The van der Waals surface area contributed by atoms with Gasteiger partial charge in [-0.2, -0.15) is 0 Å². The Hall–Kier alpha value is -3.12. The topological polar surface area (TPSA) is 76.1 Å². The summed E-state index contributed by atoms with van der Waals surface area (Å²) >= 11 is 5.86. The zero-order valence-corrected chi connectivity index (χ0v) is 15.5. The Morgan fingerprint density at radius 3 is 2.41 bits per heavy atom. The third kappa shape index (κ3) is 5.43. The van der Waals surface area contributed by atoms with Gasteiger partial charge in [0.2, 0.25) is 0 Å². The lowest BCUT2D eigenvalue weighted by Crippen LogP contribution is -2.26. The minimum atomic E-state index is -0.257. The first-order valence-corrected chi connectivity index (χ1v) is 8.77. The second-order valence-corrected chi connectivity index (χ2v) is 6.21. The van der Waals surface area contributed by atoms with Gasteiger partial charge in [0.15, 0.2) is 0 Å². The number of carbonyl (C=O) groups excluding carboxylic acids is 1. The number of amides is 1. The molecule has 0 saturated heterocycles. The van der Waals surface area contributed by atoms with Crippen molar-refractivity contribution in [3.8, 4) is 5.75 Å². The van der Waals surface area contributed by atoms with Gasteiger partial charge in [0.25, 0.3) is 5.91 Å². The molecule has 6 nitrogen and oxygen atoms in total. The van der Waals surface area contributed by atoms with Crippen LogP contribution < -0.4 is 15.4 Å². The SMILES string of the molecule is COc1ccc(Nc2cnc(C(=O)NCCc3ccc(Cl)cc3)cn2)cc1. The molecule has 7 heteroatoms. The summed E-state index contributed by atoms with van der Waals surface area (Å²) in [6.45, 7) is 0.508. The van der Waals surface area contributed by atoms with Gasteiger partial charge in [0, 0.05) is 17.3 Å². The average molecular weight is 383 g/mol. The first kappa shape index (κ1) is 18.7. The Balaban J connectivity index is 1.51. The van der Waals surface area contributed by atoms with Crippen molar-refractivity contribution in [2.24, 2.45) is 0 Å². The van der Waals surface area contributed by atoms with E-state index in [0.29, 0.717) is 23.8 Å². The normalized spacial score (nSPS) is 10.3. The highest BCUT2D eigenvalue weighted by Gasteiger charge is 2.08. The summed E-state index contributed by atoms with van der Waals surface area (Å²) in [7, 11) is 1.62. The van der Waals surface area contributed by atoms with Gasteiger partial charge < -0.3 is 15.4 Å². The maximum absolute atomic E-state index is 12.2. The van der Waals surface area contributed by atoms with Crippen LogP contribution in [0.15, 0.2) is 60.9 Å². The predicted molar refractivity (Wildman–Crippen MR) is 106 cm³/mol. The maximum atomic E-state index is 12.2. The lowest BCUT2D eigenvalue weighted by atomic mass is 10.1. The van der Waals surface area contributed by atoms with Crippen LogP contribution in [-0.4, -0.2) is 29.5 Å². The van der Waals surface area contributed by atoms with Crippen molar-refractivity contribution >= 4 is 29.0 Å². The number of ether oxygens (including phenoxy) is 1. The van der Waals surface area contributed by atoms with Gasteiger partial charge >= 0.3 is 0 Å². The molecule has 1 amide bonds. The van der Waals surface area contributed by atoms with Crippen molar-refractivity contribution in [2.45, 2.75) is 6.42 Å². The van der Waals surface area contributed by atoms with Crippen LogP contribution in [-0.2, 0) is 6.42 Å². The van der Waals surface area contributed by atoms with E-state index >= 15 is 0 Å². The maximum Gasteiger partial charge on any atom is 0.271 e. The molecule has 1 heterocycles. The van der Waals surface area contributed by atoms with Crippen LogP contribution in [0.3, 0.4) is 0 Å². The molecule has 0 fully saturated rings. The quantitative estimate of drug-likeness (QED) is 0.649. The highest BCUT2D eigenvalue weighted by Crippen LogP contribution is 2.18. The summed E-state index contributed by atoms with van der Waals surface area (Å²) in [6, 6.07) is 15.0. The molecule has 2 aromatic carbocycles. The third-order valence-corrected chi connectivity index (χ3v) is 4.11. The smallest absolute Gasteiger partial charge is 0.271 e. The fourth-order valence-electron chi connectivity index (χ4n) is 2.39. The first-order chi connectivity index (χ1) is 13.1. The molecule has 3 rings (SSSR count). The fourth-order valence-corrected chi connectivity index (χ4v) is 2.52. The van der Waals surface area contributed by atoms with Crippen molar-refractivity contribution in [2.75, 3.05) is 19.0 Å². The molecule has 0 atom stereocenters. The second-order valence-electron chi connectivity index (χ2n) is 5.77. The monoisotopic (exact) mass is 382 g/mol. The average Bonchev–Trinajstić information content (AvgIpc) is 2.70. The standard InChI is InChI=1S/C20H19ClN4O2/c1-27-17-8-6-16(7-9-17)25-19-13-23-18(12-24-19)20(26)22-11-10-14-2-4-15(21)5-3-14/h2-9,12-13H,10-11H2,1H3,(H,22,26)(H,24,25). The molecule has 27 heavy (non-hydrogen) atoms. The van der Waals surface area contributed by atoms with E-state index < -0.39 is 0 Å². The largest absolute Gasteiger partial charge is 0.497 e. The summed E-state index contributed by atoms with van der Waals surface area (Å²) in [5.74, 6) is 1.07. The molecule has 138 valence electrons. The number of hydrogen-bond acceptors (Lipinski definition) is 5. The van der Waals surface area contributed by atoms with E-state index in [9.17, 15) is 4.79 Å². The molecule has 1 aromatic heterocycles. The van der Waals surface area contributed by atoms with Crippen molar-refractivity contribution < 1.29 is 9.53 Å².